The number of halogens is 1. The van der Waals surface area contributed by atoms with Gasteiger partial charge < -0.3 is 9.80 Å². The molecule has 1 saturated heterocycles. The van der Waals surface area contributed by atoms with Crippen molar-refractivity contribution in [3.05, 3.63) is 77.4 Å². The summed E-state index contributed by atoms with van der Waals surface area (Å²) >= 11 is 6.18. The Labute approximate surface area is 169 Å². The molecule has 0 aliphatic carbocycles. The van der Waals surface area contributed by atoms with Crippen molar-refractivity contribution in [3.63, 3.8) is 0 Å². The number of anilines is 1. The number of rotatable bonds is 4. The molecular formula is C22H21ClN4O. The average Bonchev–Trinajstić information content (AvgIpc) is 2.76. The third-order valence-corrected chi connectivity index (χ3v) is 5.30. The first-order chi connectivity index (χ1) is 13.7. The summed E-state index contributed by atoms with van der Waals surface area (Å²) in [5.41, 5.74) is 1.87. The van der Waals surface area contributed by atoms with Crippen molar-refractivity contribution >= 4 is 23.3 Å². The van der Waals surface area contributed by atoms with Gasteiger partial charge in [0.2, 0.25) is 5.91 Å². The van der Waals surface area contributed by atoms with Gasteiger partial charge in [0, 0.05) is 43.0 Å². The normalized spacial score (nSPS) is 14.2. The van der Waals surface area contributed by atoms with Crippen molar-refractivity contribution in [2.45, 2.75) is 6.42 Å². The average molecular weight is 393 g/mol. The van der Waals surface area contributed by atoms with Gasteiger partial charge in [-0.2, -0.15) is 0 Å². The van der Waals surface area contributed by atoms with E-state index < -0.39 is 0 Å². The molecule has 1 fully saturated rings. The van der Waals surface area contributed by atoms with Crippen molar-refractivity contribution in [2.24, 2.45) is 0 Å². The molecule has 0 N–H and O–H groups in total. The predicted octanol–water partition coefficient (Wildman–Crippen LogP) is 3.69. The Morgan fingerprint density at radius 3 is 2.39 bits per heavy atom. The van der Waals surface area contributed by atoms with E-state index in [-0.39, 0.29) is 5.91 Å². The van der Waals surface area contributed by atoms with Crippen molar-refractivity contribution in [1.82, 2.24) is 14.9 Å². The molecule has 0 atom stereocenters. The van der Waals surface area contributed by atoms with E-state index in [1.165, 1.54) is 0 Å². The summed E-state index contributed by atoms with van der Waals surface area (Å²) in [6.45, 7) is 2.85. The molecule has 6 heteroatoms. The van der Waals surface area contributed by atoms with E-state index >= 15 is 0 Å². The molecule has 2 aromatic carbocycles. The fourth-order valence-electron chi connectivity index (χ4n) is 3.35. The third kappa shape index (κ3) is 4.15. The summed E-state index contributed by atoms with van der Waals surface area (Å²) in [7, 11) is 0. The fraction of sp³-hybridized carbons (Fsp3) is 0.227. The van der Waals surface area contributed by atoms with Crippen LogP contribution in [0.15, 0.2) is 66.9 Å². The van der Waals surface area contributed by atoms with Crippen molar-refractivity contribution in [3.8, 4) is 11.4 Å². The number of piperazine rings is 1. The molecule has 0 bridgehead atoms. The van der Waals surface area contributed by atoms with Gasteiger partial charge in [0.1, 0.15) is 5.82 Å². The first kappa shape index (κ1) is 18.4. The lowest BCUT2D eigenvalue weighted by atomic mass is 10.1. The molecule has 5 nitrogen and oxygen atoms in total. The largest absolute Gasteiger partial charge is 0.353 e. The minimum absolute atomic E-state index is 0.111. The van der Waals surface area contributed by atoms with E-state index in [0.29, 0.717) is 24.5 Å². The van der Waals surface area contributed by atoms with Crippen LogP contribution in [0.25, 0.3) is 11.4 Å². The second kappa shape index (κ2) is 8.40. The summed E-state index contributed by atoms with van der Waals surface area (Å²) in [5.74, 6) is 1.72. The molecular weight excluding hydrogens is 372 g/mol. The van der Waals surface area contributed by atoms with Gasteiger partial charge in [-0.1, -0.05) is 60.1 Å². The Morgan fingerprint density at radius 2 is 1.64 bits per heavy atom. The minimum atomic E-state index is 0.111. The Morgan fingerprint density at radius 1 is 0.929 bits per heavy atom. The van der Waals surface area contributed by atoms with Crippen LogP contribution in [0, 0.1) is 0 Å². The summed E-state index contributed by atoms with van der Waals surface area (Å²) in [4.78, 5) is 25.8. The van der Waals surface area contributed by atoms with Gasteiger partial charge in [-0.05, 0) is 17.7 Å². The number of carbonyl (C=O) groups excluding carboxylic acids is 1. The monoisotopic (exact) mass is 392 g/mol. The van der Waals surface area contributed by atoms with E-state index in [4.69, 9.17) is 16.6 Å². The summed E-state index contributed by atoms with van der Waals surface area (Å²) in [6.07, 6.45) is 2.13. The molecule has 1 aliphatic heterocycles. The molecule has 2 heterocycles. The maximum atomic E-state index is 12.6. The minimum Gasteiger partial charge on any atom is -0.353 e. The fourth-order valence-corrected chi connectivity index (χ4v) is 3.56. The highest BCUT2D eigenvalue weighted by Crippen LogP contribution is 2.20. The number of nitrogens with zero attached hydrogens (tertiary/aromatic N) is 4. The zero-order chi connectivity index (χ0) is 19.3. The Hall–Kier alpha value is -2.92. The van der Waals surface area contributed by atoms with Gasteiger partial charge >= 0.3 is 0 Å². The third-order valence-electron chi connectivity index (χ3n) is 4.93. The van der Waals surface area contributed by atoms with Gasteiger partial charge in [0.15, 0.2) is 5.82 Å². The van der Waals surface area contributed by atoms with E-state index in [2.05, 4.69) is 9.88 Å². The van der Waals surface area contributed by atoms with E-state index in [1.807, 2.05) is 65.6 Å². The van der Waals surface area contributed by atoms with Gasteiger partial charge in [-0.15, -0.1) is 0 Å². The molecule has 0 radical (unpaired) electrons. The molecule has 28 heavy (non-hydrogen) atoms. The van der Waals surface area contributed by atoms with Crippen LogP contribution < -0.4 is 4.90 Å². The maximum Gasteiger partial charge on any atom is 0.227 e. The lowest BCUT2D eigenvalue weighted by Crippen LogP contribution is -2.49. The lowest BCUT2D eigenvalue weighted by Gasteiger charge is -2.35. The van der Waals surface area contributed by atoms with Crippen LogP contribution in [0.3, 0.4) is 0 Å². The van der Waals surface area contributed by atoms with Crippen LogP contribution in [0.4, 0.5) is 5.82 Å². The second-order valence-electron chi connectivity index (χ2n) is 6.74. The molecule has 3 aromatic rings. The first-order valence-corrected chi connectivity index (χ1v) is 9.73. The number of carbonyl (C=O) groups is 1. The Kier molecular flexibility index (Phi) is 5.53. The zero-order valence-electron chi connectivity index (χ0n) is 15.5. The number of aromatic nitrogens is 2. The van der Waals surface area contributed by atoms with E-state index in [0.717, 1.165) is 35.9 Å². The van der Waals surface area contributed by atoms with Gasteiger partial charge in [0.05, 0.1) is 6.42 Å². The summed E-state index contributed by atoms with van der Waals surface area (Å²) in [5, 5.41) is 0.643. The van der Waals surface area contributed by atoms with E-state index in [9.17, 15) is 4.79 Å². The molecule has 142 valence electrons. The van der Waals surface area contributed by atoms with Crippen molar-refractivity contribution in [2.75, 3.05) is 31.1 Å². The topological polar surface area (TPSA) is 49.3 Å². The number of amides is 1. The Balaban J connectivity index is 1.39. The highest BCUT2D eigenvalue weighted by molar-refractivity contribution is 6.31. The number of benzene rings is 2. The van der Waals surface area contributed by atoms with Crippen molar-refractivity contribution < 1.29 is 4.79 Å². The van der Waals surface area contributed by atoms with Crippen LogP contribution in [-0.2, 0) is 11.2 Å². The molecule has 1 amide bonds. The molecule has 0 saturated carbocycles. The molecule has 0 unspecified atom stereocenters. The van der Waals surface area contributed by atoms with Crippen LogP contribution in [0.5, 0.6) is 0 Å². The van der Waals surface area contributed by atoms with Crippen molar-refractivity contribution in [1.29, 1.82) is 0 Å². The smallest absolute Gasteiger partial charge is 0.227 e. The van der Waals surface area contributed by atoms with Crippen LogP contribution in [0.2, 0.25) is 5.02 Å². The second-order valence-corrected chi connectivity index (χ2v) is 7.15. The lowest BCUT2D eigenvalue weighted by molar-refractivity contribution is -0.130. The summed E-state index contributed by atoms with van der Waals surface area (Å²) < 4.78 is 0. The number of hydrogen-bond acceptors (Lipinski definition) is 4. The number of hydrogen-bond donors (Lipinski definition) is 0. The first-order valence-electron chi connectivity index (χ1n) is 9.35. The van der Waals surface area contributed by atoms with Gasteiger partial charge in [-0.3, -0.25) is 4.79 Å². The van der Waals surface area contributed by atoms with E-state index in [1.54, 1.807) is 6.20 Å². The molecule has 1 aromatic heterocycles. The summed E-state index contributed by atoms with van der Waals surface area (Å²) in [6, 6.07) is 19.4. The predicted molar refractivity (Wildman–Crippen MR) is 111 cm³/mol. The van der Waals surface area contributed by atoms with Gasteiger partial charge in [-0.25, -0.2) is 9.97 Å². The Bertz CT molecular complexity index is 956. The zero-order valence-corrected chi connectivity index (χ0v) is 16.2. The standard InChI is InChI=1S/C22H21ClN4O/c23-19-9-5-4-8-18(19)16-21(28)27-14-12-26(13-15-27)20-10-11-24-22(25-20)17-6-2-1-3-7-17/h1-11H,12-16H2. The highest BCUT2D eigenvalue weighted by Gasteiger charge is 2.22. The maximum absolute atomic E-state index is 12.6. The molecule has 1 aliphatic rings. The van der Waals surface area contributed by atoms with Crippen LogP contribution in [0.1, 0.15) is 5.56 Å². The van der Waals surface area contributed by atoms with Crippen LogP contribution >= 0.6 is 11.6 Å². The van der Waals surface area contributed by atoms with Crippen LogP contribution in [-0.4, -0.2) is 47.0 Å². The highest BCUT2D eigenvalue weighted by atomic mass is 35.5. The quantitative estimate of drug-likeness (QED) is 0.679. The SMILES string of the molecule is O=C(Cc1ccccc1Cl)N1CCN(c2ccnc(-c3ccccc3)n2)CC1. The molecule has 0 spiro atoms. The molecule has 4 rings (SSSR count). The van der Waals surface area contributed by atoms with Gasteiger partial charge in [0.25, 0.3) is 0 Å².